The molecule has 1 fully saturated rings. The van der Waals surface area contributed by atoms with Crippen LogP contribution in [0, 0.1) is 0 Å². The maximum atomic E-state index is 12.6. The van der Waals surface area contributed by atoms with Crippen LogP contribution in [0.25, 0.3) is 10.9 Å². The first kappa shape index (κ1) is 21.2. The maximum Gasteiger partial charge on any atom is 0.253 e. The number of nitrogen functional groups attached to an aromatic ring is 1. The van der Waals surface area contributed by atoms with Gasteiger partial charge in [0.25, 0.3) is 5.91 Å². The van der Waals surface area contributed by atoms with Crippen LogP contribution in [0.15, 0.2) is 42.5 Å². The molecule has 8 heteroatoms. The molecule has 0 unspecified atom stereocenters. The van der Waals surface area contributed by atoms with Gasteiger partial charge in [0.1, 0.15) is 5.82 Å². The fourth-order valence-corrected chi connectivity index (χ4v) is 4.28. The fraction of sp³-hybridized carbons (Fsp3) is 0.348. The molecule has 162 valence electrons. The van der Waals surface area contributed by atoms with Crippen molar-refractivity contribution in [2.24, 2.45) is 0 Å². The van der Waals surface area contributed by atoms with E-state index in [9.17, 15) is 4.79 Å². The van der Waals surface area contributed by atoms with Crippen molar-refractivity contribution in [3.8, 4) is 0 Å². The van der Waals surface area contributed by atoms with Crippen molar-refractivity contribution in [2.75, 3.05) is 30.0 Å². The van der Waals surface area contributed by atoms with Gasteiger partial charge in [-0.25, -0.2) is 4.98 Å². The zero-order chi connectivity index (χ0) is 22.0. The number of nitrogens with zero attached hydrogens (tertiary/aromatic N) is 3. The van der Waals surface area contributed by atoms with E-state index < -0.39 is 0 Å². The van der Waals surface area contributed by atoms with Gasteiger partial charge in [0, 0.05) is 37.3 Å². The van der Waals surface area contributed by atoms with Gasteiger partial charge in [-0.1, -0.05) is 23.7 Å². The Labute approximate surface area is 187 Å². The molecule has 2 aromatic carbocycles. The molecular formula is C23H27ClN6O. The molecule has 1 saturated carbocycles. The highest BCUT2D eigenvalue weighted by atomic mass is 35.5. The summed E-state index contributed by atoms with van der Waals surface area (Å²) in [5.74, 6) is 1.38. The van der Waals surface area contributed by atoms with Crippen LogP contribution < -0.4 is 21.3 Å². The van der Waals surface area contributed by atoms with E-state index in [1.165, 1.54) is 0 Å². The molecule has 0 spiro atoms. The summed E-state index contributed by atoms with van der Waals surface area (Å²) in [5, 5.41) is 8.00. The van der Waals surface area contributed by atoms with Gasteiger partial charge in [0.05, 0.1) is 16.1 Å². The third-order valence-corrected chi connectivity index (χ3v) is 5.95. The van der Waals surface area contributed by atoms with Crippen LogP contribution in [0.3, 0.4) is 0 Å². The first-order valence-corrected chi connectivity index (χ1v) is 10.8. The van der Waals surface area contributed by atoms with E-state index >= 15 is 0 Å². The van der Waals surface area contributed by atoms with Crippen molar-refractivity contribution in [1.29, 1.82) is 0 Å². The lowest BCUT2D eigenvalue weighted by molar-refractivity contribution is 0.0926. The lowest BCUT2D eigenvalue weighted by Crippen LogP contribution is -2.40. The second-order valence-corrected chi connectivity index (χ2v) is 8.60. The number of anilines is 3. The van der Waals surface area contributed by atoms with E-state index in [-0.39, 0.29) is 18.0 Å². The second-order valence-electron chi connectivity index (χ2n) is 8.19. The Morgan fingerprint density at radius 1 is 1.06 bits per heavy atom. The molecule has 4 rings (SSSR count). The number of amides is 1. The van der Waals surface area contributed by atoms with E-state index in [1.54, 1.807) is 18.2 Å². The van der Waals surface area contributed by atoms with Gasteiger partial charge in [-0.2, -0.15) is 4.98 Å². The summed E-state index contributed by atoms with van der Waals surface area (Å²) < 4.78 is 0. The molecule has 1 aliphatic carbocycles. The monoisotopic (exact) mass is 438 g/mol. The largest absolute Gasteiger partial charge is 0.399 e. The molecular weight excluding hydrogens is 412 g/mol. The Morgan fingerprint density at radius 2 is 1.77 bits per heavy atom. The van der Waals surface area contributed by atoms with Crippen LogP contribution in [0.5, 0.6) is 0 Å². The third-order valence-electron chi connectivity index (χ3n) is 5.64. The second kappa shape index (κ2) is 8.98. The smallest absolute Gasteiger partial charge is 0.253 e. The van der Waals surface area contributed by atoms with Gasteiger partial charge >= 0.3 is 0 Å². The normalized spacial score (nSPS) is 18.5. The molecule has 0 atom stereocenters. The lowest BCUT2D eigenvalue weighted by atomic mass is 9.91. The summed E-state index contributed by atoms with van der Waals surface area (Å²) in [7, 11) is 3.97. The summed E-state index contributed by atoms with van der Waals surface area (Å²) >= 11 is 6.16. The van der Waals surface area contributed by atoms with Gasteiger partial charge in [-0.05, 0) is 56.0 Å². The Balaban J connectivity index is 1.38. The number of para-hydroxylation sites is 1. The number of aromatic nitrogens is 2. The Hall–Kier alpha value is -3.06. The minimum Gasteiger partial charge on any atom is -0.399 e. The summed E-state index contributed by atoms with van der Waals surface area (Å²) in [6.07, 6.45) is 3.61. The van der Waals surface area contributed by atoms with Gasteiger partial charge in [0.2, 0.25) is 5.95 Å². The summed E-state index contributed by atoms with van der Waals surface area (Å²) in [6, 6.07) is 13.4. The van der Waals surface area contributed by atoms with Crippen molar-refractivity contribution in [3.05, 3.63) is 53.1 Å². The number of benzene rings is 2. The van der Waals surface area contributed by atoms with Crippen molar-refractivity contribution >= 4 is 45.9 Å². The predicted octanol–water partition coefficient (Wildman–Crippen LogP) is 4.08. The zero-order valence-electron chi connectivity index (χ0n) is 17.7. The van der Waals surface area contributed by atoms with E-state index in [0.717, 1.165) is 42.4 Å². The molecule has 0 radical (unpaired) electrons. The van der Waals surface area contributed by atoms with Crippen molar-refractivity contribution < 1.29 is 4.79 Å². The number of hydrogen-bond donors (Lipinski definition) is 3. The standard InChI is InChI=1S/C23H27ClN6O/c1-30(2)21-18-5-3-4-6-20(18)28-23(29-21)27-16-10-8-15(9-11-16)26-22(31)17-12-7-14(25)13-19(17)24/h3-7,12-13,15-16H,8-11,25H2,1-2H3,(H,26,31)(H,27,28,29)/t15-,16+. The van der Waals surface area contributed by atoms with E-state index in [4.69, 9.17) is 27.3 Å². The topological polar surface area (TPSA) is 96.2 Å². The molecule has 3 aromatic rings. The minimum absolute atomic E-state index is 0.119. The molecule has 1 aromatic heterocycles. The molecule has 31 heavy (non-hydrogen) atoms. The number of carbonyl (C=O) groups excluding carboxylic acids is 1. The number of nitrogens with one attached hydrogen (secondary N) is 2. The van der Waals surface area contributed by atoms with Crippen LogP contribution in [0.4, 0.5) is 17.5 Å². The van der Waals surface area contributed by atoms with Gasteiger partial charge in [-0.3, -0.25) is 4.79 Å². The molecule has 0 aliphatic heterocycles. The Kier molecular flexibility index (Phi) is 6.13. The van der Waals surface area contributed by atoms with Crippen LogP contribution >= 0.6 is 11.6 Å². The molecule has 1 heterocycles. The first-order chi connectivity index (χ1) is 14.9. The number of hydrogen-bond acceptors (Lipinski definition) is 6. The Morgan fingerprint density at radius 3 is 2.48 bits per heavy atom. The summed E-state index contributed by atoms with van der Waals surface area (Å²) in [5.41, 5.74) is 7.63. The quantitative estimate of drug-likeness (QED) is 0.519. The Bertz CT molecular complexity index is 1090. The number of rotatable bonds is 5. The van der Waals surface area contributed by atoms with Gasteiger partial charge in [0.15, 0.2) is 0 Å². The van der Waals surface area contributed by atoms with Crippen molar-refractivity contribution in [3.63, 3.8) is 0 Å². The molecule has 7 nitrogen and oxygen atoms in total. The maximum absolute atomic E-state index is 12.6. The summed E-state index contributed by atoms with van der Waals surface area (Å²) in [4.78, 5) is 24.0. The van der Waals surface area contributed by atoms with Crippen LogP contribution in [-0.2, 0) is 0 Å². The highest BCUT2D eigenvalue weighted by Gasteiger charge is 2.24. The molecule has 1 amide bonds. The summed E-state index contributed by atoms with van der Waals surface area (Å²) in [6.45, 7) is 0. The van der Waals surface area contributed by atoms with Gasteiger partial charge < -0.3 is 21.3 Å². The zero-order valence-corrected chi connectivity index (χ0v) is 18.5. The number of nitrogens with two attached hydrogens (primary N) is 1. The third kappa shape index (κ3) is 4.82. The highest BCUT2D eigenvalue weighted by molar-refractivity contribution is 6.34. The van der Waals surface area contributed by atoms with E-state index in [2.05, 4.69) is 10.6 Å². The SMILES string of the molecule is CN(C)c1nc(N[C@H]2CC[C@@H](NC(=O)c3ccc(N)cc3Cl)CC2)nc2ccccc12. The number of halogens is 1. The van der Waals surface area contributed by atoms with E-state index in [0.29, 0.717) is 22.2 Å². The predicted molar refractivity (Wildman–Crippen MR) is 127 cm³/mol. The molecule has 1 aliphatic rings. The average Bonchev–Trinajstić information content (AvgIpc) is 2.74. The molecule has 0 saturated heterocycles. The van der Waals surface area contributed by atoms with E-state index in [1.807, 2.05) is 43.3 Å². The highest BCUT2D eigenvalue weighted by Crippen LogP contribution is 2.27. The average molecular weight is 439 g/mol. The van der Waals surface area contributed by atoms with Crippen molar-refractivity contribution in [1.82, 2.24) is 15.3 Å². The lowest BCUT2D eigenvalue weighted by Gasteiger charge is -2.30. The van der Waals surface area contributed by atoms with Crippen LogP contribution in [-0.4, -0.2) is 42.1 Å². The van der Waals surface area contributed by atoms with Crippen molar-refractivity contribution in [2.45, 2.75) is 37.8 Å². The number of carbonyl (C=O) groups is 1. The molecule has 0 bridgehead atoms. The number of fused-ring (bicyclic) bond motifs is 1. The van der Waals surface area contributed by atoms with Crippen LogP contribution in [0.2, 0.25) is 5.02 Å². The van der Waals surface area contributed by atoms with Gasteiger partial charge in [-0.15, -0.1) is 0 Å². The van der Waals surface area contributed by atoms with Crippen LogP contribution in [0.1, 0.15) is 36.0 Å². The minimum atomic E-state index is -0.158. The molecule has 4 N–H and O–H groups in total. The fourth-order valence-electron chi connectivity index (χ4n) is 4.01. The first-order valence-electron chi connectivity index (χ1n) is 10.5.